The minimum atomic E-state index is -3.72. The highest BCUT2D eigenvalue weighted by Gasteiger charge is 2.24. The number of aliphatic hydroxyl groups is 1. The van der Waals surface area contributed by atoms with E-state index in [9.17, 15) is 23.1 Å². The number of carbonyl (C=O) groups is 1. The van der Waals surface area contributed by atoms with Gasteiger partial charge in [0.1, 0.15) is 24.0 Å². The molecule has 1 unspecified atom stereocenters. The Balaban J connectivity index is 2.36. The monoisotopic (exact) mass is 468 g/mol. The van der Waals surface area contributed by atoms with Crippen LogP contribution in [0.3, 0.4) is 0 Å². The number of nitrogens with zero attached hydrogens (tertiary/aromatic N) is 1. The maximum Gasteiger partial charge on any atom is 0.426 e. The summed E-state index contributed by atoms with van der Waals surface area (Å²) in [4.78, 5) is 24.8. The van der Waals surface area contributed by atoms with E-state index in [0.717, 1.165) is 16.5 Å². The van der Waals surface area contributed by atoms with Crippen molar-refractivity contribution in [2.45, 2.75) is 45.5 Å². The highest BCUT2D eigenvalue weighted by atomic mass is 32.2. The van der Waals surface area contributed by atoms with Crippen molar-refractivity contribution in [1.29, 1.82) is 0 Å². The Morgan fingerprint density at radius 2 is 1.84 bits per heavy atom. The highest BCUT2D eigenvalue weighted by Crippen LogP contribution is 2.25. The van der Waals surface area contributed by atoms with Gasteiger partial charge in [-0.3, -0.25) is 13.7 Å². The Hall–Kier alpha value is -2.89. The van der Waals surface area contributed by atoms with E-state index < -0.39 is 33.3 Å². The summed E-state index contributed by atoms with van der Waals surface area (Å²) in [5, 5.41) is 10.7. The van der Waals surface area contributed by atoms with Gasteiger partial charge in [-0.25, -0.2) is 10.2 Å². The van der Waals surface area contributed by atoms with E-state index in [1.165, 1.54) is 12.3 Å². The zero-order valence-electron chi connectivity index (χ0n) is 18.4. The number of nitrogens with one attached hydrogen (secondary N) is 1. The van der Waals surface area contributed by atoms with Crippen LogP contribution in [0.5, 0.6) is 5.75 Å². The molecular formula is C21H28N2O8S. The van der Waals surface area contributed by atoms with Crippen LogP contribution in [0, 0.1) is 0 Å². The molecule has 0 aliphatic carbocycles. The summed E-state index contributed by atoms with van der Waals surface area (Å²) in [6, 6.07) is 10.2. The van der Waals surface area contributed by atoms with Crippen LogP contribution in [0.4, 0.5) is 4.79 Å². The van der Waals surface area contributed by atoms with Gasteiger partial charge in [-0.1, -0.05) is 30.3 Å². The molecule has 2 aromatic rings. The van der Waals surface area contributed by atoms with E-state index >= 15 is 0 Å². The summed E-state index contributed by atoms with van der Waals surface area (Å²) in [7, 11) is -3.72. The lowest BCUT2D eigenvalue weighted by molar-refractivity contribution is 0.0607. The summed E-state index contributed by atoms with van der Waals surface area (Å²) in [6.45, 7) is 4.75. The number of aromatic nitrogens is 1. The van der Waals surface area contributed by atoms with E-state index in [1.807, 2.05) is 18.2 Å². The lowest BCUT2D eigenvalue weighted by atomic mass is 10.1. The topological polar surface area (TPSA) is 133 Å². The van der Waals surface area contributed by atoms with Gasteiger partial charge in [0.15, 0.2) is 5.75 Å². The highest BCUT2D eigenvalue weighted by molar-refractivity contribution is 7.85. The second-order valence-corrected chi connectivity index (χ2v) is 9.63. The first-order valence-electron chi connectivity index (χ1n) is 9.80. The third-order valence-corrected chi connectivity index (χ3v) is 4.53. The summed E-state index contributed by atoms with van der Waals surface area (Å²) in [5.74, 6) is -0.195. The number of hydrogen-bond acceptors (Lipinski definition) is 8. The van der Waals surface area contributed by atoms with E-state index in [2.05, 4.69) is 9.61 Å². The lowest BCUT2D eigenvalue weighted by Crippen LogP contribution is -2.34. The van der Waals surface area contributed by atoms with Crippen molar-refractivity contribution in [1.82, 2.24) is 4.68 Å². The number of hydrogen-bond donors (Lipinski definition) is 2. The normalized spacial score (nSPS) is 12.8. The summed E-state index contributed by atoms with van der Waals surface area (Å²) < 4.78 is 39.2. The van der Waals surface area contributed by atoms with Crippen LogP contribution in [0.2, 0.25) is 0 Å². The molecule has 1 aromatic heterocycles. The molecule has 0 fully saturated rings. The van der Waals surface area contributed by atoms with Crippen LogP contribution in [0.1, 0.15) is 44.6 Å². The zero-order chi connectivity index (χ0) is 23.9. The fourth-order valence-electron chi connectivity index (χ4n) is 2.67. The molecule has 32 heavy (non-hydrogen) atoms. The van der Waals surface area contributed by atoms with Crippen molar-refractivity contribution in [2.24, 2.45) is 0 Å². The molecule has 0 saturated heterocycles. The number of rotatable bonds is 9. The van der Waals surface area contributed by atoms with Crippen LogP contribution in [0.25, 0.3) is 0 Å². The SMILES string of the molecule is CC(C)(C)OC(=O)Nn1ccc(=O)c(OCc2ccccc2)c1C(O)CCOS(C)(=O)=O. The van der Waals surface area contributed by atoms with Gasteiger partial charge in [-0.15, -0.1) is 0 Å². The molecule has 1 heterocycles. The molecule has 2 N–H and O–H groups in total. The summed E-state index contributed by atoms with van der Waals surface area (Å²) >= 11 is 0. The Kier molecular flexibility index (Phi) is 8.42. The summed E-state index contributed by atoms with van der Waals surface area (Å²) in [6.07, 6.45) is -0.274. The van der Waals surface area contributed by atoms with Crippen LogP contribution in [-0.2, 0) is 25.6 Å². The van der Waals surface area contributed by atoms with Gasteiger partial charge in [-0.05, 0) is 26.3 Å². The second kappa shape index (κ2) is 10.6. The van der Waals surface area contributed by atoms with Crippen molar-refractivity contribution in [3.8, 4) is 5.75 Å². The van der Waals surface area contributed by atoms with Crippen molar-refractivity contribution < 1.29 is 32.0 Å². The molecule has 0 bridgehead atoms. The minimum Gasteiger partial charge on any atom is -0.483 e. The van der Waals surface area contributed by atoms with E-state index in [1.54, 1.807) is 32.9 Å². The van der Waals surface area contributed by atoms with Crippen molar-refractivity contribution in [3.63, 3.8) is 0 Å². The molecule has 0 aliphatic rings. The van der Waals surface area contributed by atoms with Crippen molar-refractivity contribution in [3.05, 3.63) is 64.1 Å². The predicted molar refractivity (Wildman–Crippen MR) is 117 cm³/mol. The summed E-state index contributed by atoms with van der Waals surface area (Å²) in [5.41, 5.74) is 1.84. The molecule has 1 aromatic carbocycles. The van der Waals surface area contributed by atoms with Crippen LogP contribution < -0.4 is 15.6 Å². The standard InChI is InChI=1S/C21H28N2O8S/c1-21(2,3)31-20(26)22-23-12-10-17(25)19(29-14-15-8-6-5-7-9-15)18(23)16(24)11-13-30-32(4,27)28/h5-10,12,16,24H,11,13-14H2,1-4H3,(H,22,26). The number of aliphatic hydroxyl groups excluding tert-OH is 1. The average molecular weight is 469 g/mol. The van der Waals surface area contributed by atoms with E-state index in [0.29, 0.717) is 0 Å². The molecular weight excluding hydrogens is 440 g/mol. The maximum absolute atomic E-state index is 12.5. The molecule has 10 nitrogen and oxygen atoms in total. The van der Waals surface area contributed by atoms with E-state index in [4.69, 9.17) is 9.47 Å². The Bertz CT molecular complexity index is 1080. The quantitative estimate of drug-likeness (QED) is 0.536. The fourth-order valence-corrected chi connectivity index (χ4v) is 3.06. The van der Waals surface area contributed by atoms with Crippen LogP contribution in [0.15, 0.2) is 47.4 Å². The molecule has 0 aliphatic heterocycles. The fraction of sp³-hybridized carbons (Fsp3) is 0.429. The smallest absolute Gasteiger partial charge is 0.426 e. The molecule has 0 spiro atoms. The first-order valence-corrected chi connectivity index (χ1v) is 11.6. The molecule has 2 rings (SSSR count). The average Bonchev–Trinajstić information content (AvgIpc) is 2.66. The maximum atomic E-state index is 12.5. The van der Waals surface area contributed by atoms with Crippen LogP contribution in [-0.4, -0.2) is 42.8 Å². The number of carbonyl (C=O) groups excluding carboxylic acids is 1. The molecule has 11 heteroatoms. The Morgan fingerprint density at radius 3 is 2.44 bits per heavy atom. The van der Waals surface area contributed by atoms with Crippen LogP contribution >= 0.6 is 0 Å². The first-order chi connectivity index (χ1) is 14.9. The van der Waals surface area contributed by atoms with Gasteiger partial charge < -0.3 is 14.6 Å². The molecule has 1 atom stereocenters. The molecule has 1 amide bonds. The van der Waals surface area contributed by atoms with Gasteiger partial charge in [0, 0.05) is 18.7 Å². The van der Waals surface area contributed by atoms with E-state index in [-0.39, 0.29) is 31.1 Å². The molecule has 0 saturated carbocycles. The lowest BCUT2D eigenvalue weighted by Gasteiger charge is -2.24. The largest absolute Gasteiger partial charge is 0.483 e. The predicted octanol–water partition coefficient (Wildman–Crippen LogP) is 2.31. The minimum absolute atomic E-state index is 0.0338. The Labute approximate surface area is 186 Å². The third kappa shape index (κ3) is 8.33. The van der Waals surface area contributed by atoms with Gasteiger partial charge in [0.2, 0.25) is 5.43 Å². The van der Waals surface area contributed by atoms with Crippen molar-refractivity contribution in [2.75, 3.05) is 18.3 Å². The third-order valence-electron chi connectivity index (χ3n) is 3.93. The number of pyridine rings is 1. The van der Waals surface area contributed by atoms with Crippen molar-refractivity contribution >= 4 is 16.2 Å². The zero-order valence-corrected chi connectivity index (χ0v) is 19.2. The number of amides is 1. The Morgan fingerprint density at radius 1 is 1.19 bits per heavy atom. The van der Waals surface area contributed by atoms with Gasteiger partial charge >= 0.3 is 6.09 Å². The van der Waals surface area contributed by atoms with Gasteiger partial charge in [0.25, 0.3) is 10.1 Å². The molecule has 0 radical (unpaired) electrons. The number of benzene rings is 1. The first kappa shape index (κ1) is 25.4. The second-order valence-electron chi connectivity index (χ2n) is 7.98. The van der Waals surface area contributed by atoms with Gasteiger partial charge in [-0.2, -0.15) is 8.42 Å². The number of ether oxygens (including phenoxy) is 2. The molecule has 176 valence electrons. The van der Waals surface area contributed by atoms with Gasteiger partial charge in [0.05, 0.1) is 12.9 Å².